The average molecular weight is 691 g/mol. The molecule has 0 saturated carbocycles. The van der Waals surface area contributed by atoms with Crippen molar-refractivity contribution in [2.75, 3.05) is 6.61 Å². The lowest BCUT2D eigenvalue weighted by molar-refractivity contribution is -0.197. The van der Waals surface area contributed by atoms with Crippen molar-refractivity contribution in [1.29, 1.82) is 0 Å². The molecule has 3 rings (SSSR count). The maximum Gasteiger partial charge on any atom is 0.407 e. The summed E-state index contributed by atoms with van der Waals surface area (Å²) >= 11 is 0. The summed E-state index contributed by atoms with van der Waals surface area (Å²) in [7, 11) is 0. The van der Waals surface area contributed by atoms with Crippen molar-refractivity contribution in [3.63, 3.8) is 0 Å². The second kappa shape index (κ2) is 18.4. The molecular formula is C34H47FN4O10. The fourth-order valence-electron chi connectivity index (χ4n) is 5.07. The fourth-order valence-corrected chi connectivity index (χ4v) is 5.07. The summed E-state index contributed by atoms with van der Waals surface area (Å²) in [6.07, 6.45) is -0.244. The number of aromatic nitrogens is 2. The zero-order valence-corrected chi connectivity index (χ0v) is 28.6. The minimum atomic E-state index is -1.29. The van der Waals surface area contributed by atoms with E-state index in [1.54, 1.807) is 25.8 Å². The van der Waals surface area contributed by atoms with Crippen LogP contribution in [0, 0.1) is 11.7 Å². The highest BCUT2D eigenvalue weighted by Gasteiger charge is 2.37. The number of carbonyl (C=O) groups excluding carboxylic acids is 4. The molecule has 14 nitrogen and oxygen atoms in total. The molecule has 2 aromatic rings. The molecule has 3 N–H and O–H groups in total. The highest BCUT2D eigenvalue weighted by molar-refractivity contribution is 5.92. The Bertz CT molecular complexity index is 1530. The normalized spacial score (nSPS) is 16.7. The first-order valence-corrected chi connectivity index (χ1v) is 16.4. The summed E-state index contributed by atoms with van der Waals surface area (Å²) in [5.41, 5.74) is -2.18. The third kappa shape index (κ3) is 13.6. The van der Waals surface area contributed by atoms with E-state index < -0.39 is 84.0 Å². The number of alkyl carbamates (subject to hydrolysis) is 1. The van der Waals surface area contributed by atoms with Gasteiger partial charge in [-0.05, 0) is 64.4 Å². The number of nitrogens with zero attached hydrogens (tertiary/aromatic N) is 1. The molecule has 1 aromatic carbocycles. The summed E-state index contributed by atoms with van der Waals surface area (Å²) in [6, 6.07) is 7.27. The van der Waals surface area contributed by atoms with E-state index in [-0.39, 0.29) is 25.2 Å². The van der Waals surface area contributed by atoms with Crippen LogP contribution in [0.15, 0.2) is 46.1 Å². The van der Waals surface area contributed by atoms with Crippen molar-refractivity contribution in [2.45, 2.75) is 116 Å². The van der Waals surface area contributed by atoms with Gasteiger partial charge in [0, 0.05) is 13.0 Å². The molecule has 2 amide bonds. The number of Topliss-reactive ketones (excluding diaryl/α,β-unsaturated/α-hetero) is 1. The van der Waals surface area contributed by atoms with E-state index in [2.05, 4.69) is 10.6 Å². The van der Waals surface area contributed by atoms with Gasteiger partial charge in [0.25, 0.3) is 11.5 Å². The first-order chi connectivity index (χ1) is 23.1. The molecule has 1 aromatic heterocycles. The van der Waals surface area contributed by atoms with Crippen LogP contribution < -0.4 is 21.9 Å². The lowest BCUT2D eigenvalue weighted by Gasteiger charge is -2.33. The Balaban J connectivity index is 1.78. The molecule has 4 atom stereocenters. The van der Waals surface area contributed by atoms with Gasteiger partial charge in [-0.1, -0.05) is 44.2 Å². The molecule has 1 aliphatic rings. The number of amides is 2. The molecule has 0 spiro atoms. The summed E-state index contributed by atoms with van der Waals surface area (Å²) in [5, 5.41) is 5.59. The quantitative estimate of drug-likeness (QED) is 0.221. The largest absolute Gasteiger partial charge is 0.444 e. The Morgan fingerprint density at radius 2 is 1.78 bits per heavy atom. The first kappa shape index (κ1) is 39.1. The number of hydrogen-bond donors (Lipinski definition) is 3. The van der Waals surface area contributed by atoms with Gasteiger partial charge in [0.1, 0.15) is 5.60 Å². The molecule has 0 bridgehead atoms. The highest BCUT2D eigenvalue weighted by atomic mass is 19.1. The standard InChI is InChI=1S/C34H47FN4O10/c1-21(2)17-24(26(40)14-15-27(41)47-20-39-19-23(35)30(42)38-32(39)44)36-31(43)29(48-28-13-9-10-16-46-28)25(18-22-11-7-6-8-12-22)37-33(45)49-34(3,4)5/h6-8,11-12,19,21,24-25,28-29H,9-10,13-18,20H2,1-5H3,(H,36,43)(H,37,45)(H,38,42,44)/t24-,25+,28?,29-/m0/s1. The maximum atomic E-state index is 14.1. The SMILES string of the molecule is CC(C)C[C@H](NC(=O)[C@@H](OC1CCCCO1)[C@@H](Cc1ccccc1)NC(=O)OC(C)(C)C)C(=O)CCC(=O)OCn1cc(F)c(=O)[nH]c1=O. The molecule has 0 aliphatic carbocycles. The summed E-state index contributed by atoms with van der Waals surface area (Å²) in [6.45, 7) is 8.66. The number of halogens is 1. The number of H-pyrrole nitrogens is 1. The van der Waals surface area contributed by atoms with Crippen LogP contribution in [0.2, 0.25) is 0 Å². The van der Waals surface area contributed by atoms with Crippen LogP contribution in [0.5, 0.6) is 0 Å². The van der Waals surface area contributed by atoms with Gasteiger partial charge in [0.05, 0.1) is 24.7 Å². The van der Waals surface area contributed by atoms with E-state index >= 15 is 0 Å². The van der Waals surface area contributed by atoms with Crippen LogP contribution in [-0.2, 0) is 46.5 Å². The Morgan fingerprint density at radius 1 is 1.06 bits per heavy atom. The number of ketones is 1. The van der Waals surface area contributed by atoms with Crippen LogP contribution in [0.25, 0.3) is 0 Å². The monoisotopic (exact) mass is 690 g/mol. The number of hydrogen-bond acceptors (Lipinski definition) is 10. The number of esters is 1. The predicted octanol–water partition coefficient (Wildman–Crippen LogP) is 3.10. The first-order valence-electron chi connectivity index (χ1n) is 16.4. The zero-order chi connectivity index (χ0) is 36.1. The van der Waals surface area contributed by atoms with Crippen molar-refractivity contribution >= 4 is 23.8 Å². The molecule has 2 heterocycles. The van der Waals surface area contributed by atoms with Gasteiger partial charge >= 0.3 is 17.8 Å². The van der Waals surface area contributed by atoms with Gasteiger partial charge in [-0.2, -0.15) is 4.39 Å². The van der Waals surface area contributed by atoms with E-state index in [9.17, 15) is 33.2 Å². The number of aromatic amines is 1. The van der Waals surface area contributed by atoms with E-state index in [0.29, 0.717) is 23.8 Å². The summed E-state index contributed by atoms with van der Waals surface area (Å²) in [4.78, 5) is 77.7. The lowest BCUT2D eigenvalue weighted by atomic mass is 9.96. The Kier molecular flexibility index (Phi) is 14.7. The molecule has 49 heavy (non-hydrogen) atoms. The van der Waals surface area contributed by atoms with Gasteiger partial charge in [-0.3, -0.25) is 28.7 Å². The average Bonchev–Trinajstić information content (AvgIpc) is 3.02. The molecule has 1 unspecified atom stereocenters. The van der Waals surface area contributed by atoms with Crippen molar-refractivity contribution in [1.82, 2.24) is 20.2 Å². The maximum absolute atomic E-state index is 14.1. The molecule has 15 heteroatoms. The number of benzene rings is 1. The second-order valence-electron chi connectivity index (χ2n) is 13.3. The topological polar surface area (TPSA) is 184 Å². The molecule has 270 valence electrons. The predicted molar refractivity (Wildman–Crippen MR) is 175 cm³/mol. The summed E-state index contributed by atoms with van der Waals surface area (Å²) < 4.78 is 36.7. The van der Waals surface area contributed by atoms with Crippen LogP contribution in [-0.4, -0.2) is 70.0 Å². The number of ether oxygens (including phenoxy) is 4. The molecular weight excluding hydrogens is 643 g/mol. The Hall–Kier alpha value is -4.37. The van der Waals surface area contributed by atoms with E-state index in [0.717, 1.165) is 18.4 Å². The van der Waals surface area contributed by atoms with Crippen LogP contribution >= 0.6 is 0 Å². The van der Waals surface area contributed by atoms with Crippen LogP contribution in [0.4, 0.5) is 9.18 Å². The number of rotatable bonds is 16. The van der Waals surface area contributed by atoms with E-state index in [1.807, 2.05) is 44.2 Å². The van der Waals surface area contributed by atoms with Crippen molar-refractivity contribution in [2.24, 2.45) is 5.92 Å². The van der Waals surface area contributed by atoms with Crippen molar-refractivity contribution in [3.05, 3.63) is 68.7 Å². The van der Waals surface area contributed by atoms with Gasteiger partial charge in [0.2, 0.25) is 5.82 Å². The van der Waals surface area contributed by atoms with Gasteiger partial charge in [-0.15, -0.1) is 0 Å². The fraction of sp³-hybridized carbons (Fsp3) is 0.588. The summed E-state index contributed by atoms with van der Waals surface area (Å²) in [5.74, 6) is -3.25. The minimum Gasteiger partial charge on any atom is -0.444 e. The van der Waals surface area contributed by atoms with E-state index in [1.165, 1.54) is 0 Å². The van der Waals surface area contributed by atoms with Gasteiger partial charge in [-0.25, -0.2) is 9.59 Å². The van der Waals surface area contributed by atoms with Crippen molar-refractivity contribution in [3.8, 4) is 0 Å². The van der Waals surface area contributed by atoms with Gasteiger partial charge in [0.15, 0.2) is 24.9 Å². The van der Waals surface area contributed by atoms with E-state index in [4.69, 9.17) is 18.9 Å². The molecule has 1 saturated heterocycles. The Labute approximate surface area is 284 Å². The lowest BCUT2D eigenvalue weighted by Crippen LogP contribution is -2.57. The Morgan fingerprint density at radius 3 is 2.41 bits per heavy atom. The van der Waals surface area contributed by atoms with Gasteiger partial charge < -0.3 is 29.6 Å². The second-order valence-corrected chi connectivity index (χ2v) is 13.3. The zero-order valence-electron chi connectivity index (χ0n) is 28.6. The number of nitrogens with one attached hydrogen (secondary N) is 3. The number of carbonyl (C=O) groups is 4. The smallest absolute Gasteiger partial charge is 0.407 e. The van der Waals surface area contributed by atoms with Crippen LogP contribution in [0.1, 0.15) is 78.7 Å². The third-order valence-electron chi connectivity index (χ3n) is 7.38. The van der Waals surface area contributed by atoms with Crippen LogP contribution in [0.3, 0.4) is 0 Å². The molecule has 0 radical (unpaired) electrons. The third-order valence-corrected chi connectivity index (χ3v) is 7.38. The van der Waals surface area contributed by atoms with Crippen molar-refractivity contribution < 1.29 is 42.5 Å². The molecule has 1 fully saturated rings. The highest BCUT2D eigenvalue weighted by Crippen LogP contribution is 2.20. The minimum absolute atomic E-state index is 0.0377. The molecule has 1 aliphatic heterocycles.